The van der Waals surface area contributed by atoms with Crippen molar-refractivity contribution in [1.82, 2.24) is 15.2 Å². The number of hydrogen-bond donors (Lipinski definition) is 1. The minimum absolute atomic E-state index is 0.0988. The molecule has 0 bridgehead atoms. The Morgan fingerprint density at radius 2 is 1.63 bits per heavy atom. The van der Waals surface area contributed by atoms with Crippen LogP contribution in [0.3, 0.4) is 0 Å². The van der Waals surface area contributed by atoms with Crippen LogP contribution in [-0.2, 0) is 24.9 Å². The van der Waals surface area contributed by atoms with Gasteiger partial charge in [-0.15, -0.1) is 11.3 Å². The number of ether oxygens (including phenoxy) is 2. The fourth-order valence-corrected chi connectivity index (χ4v) is 4.85. The van der Waals surface area contributed by atoms with Crippen molar-refractivity contribution in [3.05, 3.63) is 75.2 Å². The predicted molar refractivity (Wildman–Crippen MR) is 156 cm³/mol. The molecule has 0 saturated carbocycles. The third-order valence-electron chi connectivity index (χ3n) is 6.89. The first kappa shape index (κ1) is 29.7. The minimum atomic E-state index is -0.108. The molecule has 1 aromatic heterocycles. The SMILES string of the molecule is COc1ccc(CCN(Cc2ccc(C(C)(C)C)cc2)Cc2nc(C(=O)NC(C)C(C)C)cs2)cc1OC. The monoisotopic (exact) mass is 537 g/mol. The zero-order valence-electron chi connectivity index (χ0n) is 24.1. The highest BCUT2D eigenvalue weighted by molar-refractivity contribution is 7.09. The number of thiazole rings is 1. The van der Waals surface area contributed by atoms with E-state index in [1.807, 2.05) is 24.4 Å². The van der Waals surface area contributed by atoms with Gasteiger partial charge < -0.3 is 14.8 Å². The van der Waals surface area contributed by atoms with Crippen LogP contribution in [0.1, 0.15) is 73.7 Å². The first-order valence-corrected chi connectivity index (χ1v) is 14.2. The van der Waals surface area contributed by atoms with Crippen molar-refractivity contribution < 1.29 is 14.3 Å². The van der Waals surface area contributed by atoms with Gasteiger partial charge in [0.1, 0.15) is 10.7 Å². The average molecular weight is 538 g/mol. The first-order chi connectivity index (χ1) is 18.0. The van der Waals surface area contributed by atoms with Gasteiger partial charge in [0.05, 0.1) is 20.8 Å². The first-order valence-electron chi connectivity index (χ1n) is 13.3. The number of hydrogen-bond acceptors (Lipinski definition) is 6. The van der Waals surface area contributed by atoms with Crippen molar-refractivity contribution in [2.75, 3.05) is 20.8 Å². The summed E-state index contributed by atoms with van der Waals surface area (Å²) in [7, 11) is 3.31. The summed E-state index contributed by atoms with van der Waals surface area (Å²) < 4.78 is 10.9. The van der Waals surface area contributed by atoms with E-state index in [-0.39, 0.29) is 17.4 Å². The highest BCUT2D eigenvalue weighted by atomic mass is 32.1. The van der Waals surface area contributed by atoms with E-state index in [9.17, 15) is 4.79 Å². The van der Waals surface area contributed by atoms with Gasteiger partial charge in [0.25, 0.3) is 5.91 Å². The molecule has 0 aliphatic heterocycles. The van der Waals surface area contributed by atoms with E-state index < -0.39 is 0 Å². The number of rotatable bonds is 12. The number of nitrogens with one attached hydrogen (secondary N) is 1. The van der Waals surface area contributed by atoms with Gasteiger partial charge in [0.15, 0.2) is 11.5 Å². The van der Waals surface area contributed by atoms with Gasteiger partial charge in [-0.1, -0.05) is 65.0 Å². The van der Waals surface area contributed by atoms with E-state index in [0.717, 1.165) is 36.0 Å². The maximum absolute atomic E-state index is 12.7. The number of benzene rings is 2. The molecule has 1 heterocycles. The largest absolute Gasteiger partial charge is 0.493 e. The Balaban J connectivity index is 1.76. The second-order valence-corrected chi connectivity index (χ2v) is 12.2. The lowest BCUT2D eigenvalue weighted by Crippen LogP contribution is -2.36. The van der Waals surface area contributed by atoms with Gasteiger partial charge in [0, 0.05) is 24.5 Å². The smallest absolute Gasteiger partial charge is 0.270 e. The molecule has 3 aromatic rings. The lowest BCUT2D eigenvalue weighted by atomic mass is 9.87. The number of aromatic nitrogens is 1. The Morgan fingerprint density at radius 3 is 2.24 bits per heavy atom. The van der Waals surface area contributed by atoms with Crippen molar-refractivity contribution in [3.8, 4) is 11.5 Å². The zero-order valence-corrected chi connectivity index (χ0v) is 24.9. The van der Waals surface area contributed by atoms with Crippen LogP contribution in [0.4, 0.5) is 0 Å². The molecule has 0 aliphatic carbocycles. The molecule has 1 amide bonds. The van der Waals surface area contributed by atoms with Crippen LogP contribution in [0.15, 0.2) is 47.8 Å². The summed E-state index contributed by atoms with van der Waals surface area (Å²) in [5, 5.41) is 5.86. The van der Waals surface area contributed by atoms with Crippen LogP contribution in [-0.4, -0.2) is 42.6 Å². The van der Waals surface area contributed by atoms with Crippen molar-refractivity contribution in [1.29, 1.82) is 0 Å². The van der Waals surface area contributed by atoms with E-state index in [1.54, 1.807) is 25.6 Å². The molecule has 7 heteroatoms. The Hall–Kier alpha value is -2.90. The molecule has 6 nitrogen and oxygen atoms in total. The standard InChI is InChI=1S/C31H43N3O3S/c1-21(2)22(3)32-30(35)26-20-38-29(33-26)19-34(18-24-9-12-25(13-10-24)31(4,5)6)16-15-23-11-14-27(36-7)28(17-23)37-8/h9-14,17,20-22H,15-16,18-19H2,1-8H3,(H,32,35). The molecule has 3 rings (SSSR count). The summed E-state index contributed by atoms with van der Waals surface area (Å²) in [6, 6.07) is 15.1. The Labute approximate surface area is 232 Å². The maximum Gasteiger partial charge on any atom is 0.270 e. The van der Waals surface area contributed by atoms with Crippen LogP contribution >= 0.6 is 11.3 Å². The molecule has 0 aliphatic rings. The second-order valence-electron chi connectivity index (χ2n) is 11.2. The van der Waals surface area contributed by atoms with Gasteiger partial charge in [-0.3, -0.25) is 9.69 Å². The molecular weight excluding hydrogens is 494 g/mol. The molecule has 38 heavy (non-hydrogen) atoms. The third kappa shape index (κ3) is 8.30. The van der Waals surface area contributed by atoms with Crippen molar-refractivity contribution in [2.45, 2.75) is 72.5 Å². The van der Waals surface area contributed by atoms with Crippen LogP contribution in [0, 0.1) is 5.92 Å². The molecule has 1 atom stereocenters. The fourth-order valence-electron chi connectivity index (χ4n) is 4.03. The van der Waals surface area contributed by atoms with Gasteiger partial charge in [-0.2, -0.15) is 0 Å². The van der Waals surface area contributed by atoms with E-state index in [1.165, 1.54) is 16.7 Å². The van der Waals surface area contributed by atoms with Crippen LogP contribution < -0.4 is 14.8 Å². The van der Waals surface area contributed by atoms with Crippen LogP contribution in [0.5, 0.6) is 11.5 Å². The summed E-state index contributed by atoms with van der Waals surface area (Å²) in [5.41, 5.74) is 4.37. The molecule has 206 valence electrons. The molecule has 1 unspecified atom stereocenters. The lowest BCUT2D eigenvalue weighted by molar-refractivity contribution is 0.0925. The normalized spacial score (nSPS) is 12.6. The molecular formula is C31H43N3O3S. The van der Waals surface area contributed by atoms with Crippen LogP contribution in [0.25, 0.3) is 0 Å². The molecule has 0 radical (unpaired) electrons. The molecule has 1 N–H and O–H groups in total. The number of amides is 1. The Kier molecular flexibility index (Phi) is 10.3. The highest BCUT2D eigenvalue weighted by Crippen LogP contribution is 2.28. The molecule has 2 aromatic carbocycles. The Morgan fingerprint density at radius 1 is 0.974 bits per heavy atom. The van der Waals surface area contributed by atoms with Crippen molar-refractivity contribution in [3.63, 3.8) is 0 Å². The summed E-state index contributed by atoms with van der Waals surface area (Å²) in [4.78, 5) is 19.8. The van der Waals surface area contributed by atoms with Crippen molar-refractivity contribution in [2.24, 2.45) is 5.92 Å². The molecule has 0 spiro atoms. The minimum Gasteiger partial charge on any atom is -0.493 e. The topological polar surface area (TPSA) is 63.7 Å². The van der Waals surface area contributed by atoms with E-state index in [2.05, 4.69) is 80.2 Å². The third-order valence-corrected chi connectivity index (χ3v) is 7.73. The quantitative estimate of drug-likeness (QED) is 0.287. The number of carbonyl (C=O) groups is 1. The fraction of sp³-hybridized carbons (Fsp3) is 0.484. The summed E-state index contributed by atoms with van der Waals surface area (Å²) in [6.45, 7) is 15.2. The average Bonchev–Trinajstić information content (AvgIpc) is 3.35. The van der Waals surface area contributed by atoms with Gasteiger partial charge in [0.2, 0.25) is 0 Å². The summed E-state index contributed by atoms with van der Waals surface area (Å²) in [5.74, 6) is 1.73. The number of methoxy groups -OCH3 is 2. The number of carbonyl (C=O) groups excluding carboxylic acids is 1. The van der Waals surface area contributed by atoms with Gasteiger partial charge in [-0.25, -0.2) is 4.98 Å². The summed E-state index contributed by atoms with van der Waals surface area (Å²) >= 11 is 1.54. The maximum atomic E-state index is 12.7. The second kappa shape index (κ2) is 13.3. The Bertz CT molecular complexity index is 1180. The van der Waals surface area contributed by atoms with E-state index in [0.29, 0.717) is 18.2 Å². The predicted octanol–water partition coefficient (Wildman–Crippen LogP) is 6.48. The van der Waals surface area contributed by atoms with E-state index >= 15 is 0 Å². The lowest BCUT2D eigenvalue weighted by Gasteiger charge is -2.23. The van der Waals surface area contributed by atoms with Crippen molar-refractivity contribution >= 4 is 17.2 Å². The summed E-state index contributed by atoms with van der Waals surface area (Å²) in [6.07, 6.45) is 0.852. The number of nitrogens with zero attached hydrogens (tertiary/aromatic N) is 2. The molecule has 0 saturated heterocycles. The van der Waals surface area contributed by atoms with Gasteiger partial charge >= 0.3 is 0 Å². The molecule has 0 fully saturated rings. The van der Waals surface area contributed by atoms with Gasteiger partial charge in [-0.05, 0) is 53.5 Å². The highest BCUT2D eigenvalue weighted by Gasteiger charge is 2.18. The van der Waals surface area contributed by atoms with E-state index in [4.69, 9.17) is 9.47 Å². The van der Waals surface area contributed by atoms with Crippen LogP contribution in [0.2, 0.25) is 0 Å². The zero-order chi connectivity index (χ0) is 27.9.